The standard InChI is InChI=1S/C25H27N6O3S/c1-18-21(26-14-13-24(18)34-16-8-15-33-3)17-35(32)25-27-20-10-5-7-12-23(20)31(25,2)30-22-11-6-4-9-19(22)28-29-30/h4-7,9-14H,8,15-17H2,1-3H3/q+1. The van der Waals surface area contributed by atoms with E-state index >= 15 is 0 Å². The van der Waals surface area contributed by atoms with E-state index in [1.54, 1.807) is 18.1 Å². The second-order valence-corrected chi connectivity index (χ2v) is 9.72. The van der Waals surface area contributed by atoms with E-state index < -0.39 is 10.8 Å². The molecule has 3 heterocycles. The first-order chi connectivity index (χ1) is 17.0. The quantitative estimate of drug-likeness (QED) is 0.274. The van der Waals surface area contributed by atoms with E-state index in [2.05, 4.69) is 15.3 Å². The van der Waals surface area contributed by atoms with E-state index in [1.165, 1.54) is 0 Å². The number of para-hydroxylation sites is 3. The van der Waals surface area contributed by atoms with Gasteiger partial charge in [0, 0.05) is 38.0 Å². The number of amidine groups is 1. The summed E-state index contributed by atoms with van der Waals surface area (Å²) in [6.45, 7) is 3.11. The molecule has 35 heavy (non-hydrogen) atoms. The van der Waals surface area contributed by atoms with Gasteiger partial charge in [0.05, 0.1) is 18.1 Å². The number of hydrogen-bond donors (Lipinski definition) is 0. The summed E-state index contributed by atoms with van der Waals surface area (Å²) in [6.07, 6.45) is 2.48. The Kier molecular flexibility index (Phi) is 6.42. The van der Waals surface area contributed by atoms with Crippen LogP contribution in [0.1, 0.15) is 17.7 Å². The molecule has 0 saturated carbocycles. The van der Waals surface area contributed by atoms with Crippen molar-refractivity contribution in [2.75, 3.05) is 27.4 Å². The highest BCUT2D eigenvalue weighted by Crippen LogP contribution is 2.41. The van der Waals surface area contributed by atoms with E-state index in [-0.39, 0.29) is 10.3 Å². The first-order valence-corrected chi connectivity index (χ1v) is 12.7. The summed E-state index contributed by atoms with van der Waals surface area (Å²) < 4.78 is 24.9. The van der Waals surface area contributed by atoms with Crippen LogP contribution in [0.15, 0.2) is 65.8 Å². The third-order valence-corrected chi connectivity index (χ3v) is 7.52. The summed E-state index contributed by atoms with van der Waals surface area (Å²) in [5.41, 5.74) is 4.81. The second-order valence-electron chi connectivity index (χ2n) is 8.38. The number of hydrogen-bond acceptors (Lipinski definition) is 7. The number of fused-ring (bicyclic) bond motifs is 2. The molecule has 2 aromatic heterocycles. The van der Waals surface area contributed by atoms with Gasteiger partial charge in [-0.1, -0.05) is 29.1 Å². The lowest BCUT2D eigenvalue weighted by Gasteiger charge is -2.28. The minimum absolute atomic E-state index is 0.0234. The van der Waals surface area contributed by atoms with Gasteiger partial charge < -0.3 is 9.47 Å². The molecule has 2 aromatic carbocycles. The molecule has 5 rings (SSSR count). The second kappa shape index (κ2) is 9.65. The third-order valence-electron chi connectivity index (χ3n) is 6.13. The molecule has 10 heteroatoms. The van der Waals surface area contributed by atoms with Gasteiger partial charge >= 0.3 is 5.17 Å². The fourth-order valence-electron chi connectivity index (χ4n) is 4.25. The lowest BCUT2D eigenvalue weighted by molar-refractivity contribution is 0.172. The highest BCUT2D eigenvalue weighted by molar-refractivity contribution is 8.00. The van der Waals surface area contributed by atoms with Crippen molar-refractivity contribution in [3.63, 3.8) is 0 Å². The number of aliphatic imine (C=N–C) groups is 1. The molecule has 2 unspecified atom stereocenters. The molecule has 0 amide bonds. The molecule has 0 fully saturated rings. The smallest absolute Gasteiger partial charge is 0.327 e. The van der Waals surface area contributed by atoms with Crippen molar-refractivity contribution >= 4 is 38.4 Å². The van der Waals surface area contributed by atoms with Crippen LogP contribution in [0.4, 0.5) is 11.4 Å². The maximum absolute atomic E-state index is 13.9. The van der Waals surface area contributed by atoms with Crippen molar-refractivity contribution in [2.24, 2.45) is 4.99 Å². The number of benzene rings is 2. The van der Waals surface area contributed by atoms with Gasteiger partial charge in [0.1, 0.15) is 40.3 Å². The predicted octanol–water partition coefficient (Wildman–Crippen LogP) is 3.90. The predicted molar refractivity (Wildman–Crippen MR) is 137 cm³/mol. The van der Waals surface area contributed by atoms with E-state index in [0.717, 1.165) is 40.1 Å². The zero-order valence-electron chi connectivity index (χ0n) is 19.9. The Labute approximate surface area is 206 Å². The lowest BCUT2D eigenvalue weighted by atomic mass is 10.2. The molecule has 0 N–H and O–H groups in total. The topological polar surface area (TPSA) is 91.5 Å². The fourth-order valence-corrected chi connectivity index (χ4v) is 5.69. The van der Waals surface area contributed by atoms with Crippen LogP contribution in [0.25, 0.3) is 11.0 Å². The maximum atomic E-state index is 13.9. The Bertz CT molecular complexity index is 1440. The van der Waals surface area contributed by atoms with Crippen molar-refractivity contribution in [3.05, 3.63) is 72.1 Å². The Morgan fingerprint density at radius 3 is 2.71 bits per heavy atom. The van der Waals surface area contributed by atoms with E-state index in [4.69, 9.17) is 14.5 Å². The van der Waals surface area contributed by atoms with Gasteiger partial charge in [-0.25, -0.2) is 4.21 Å². The lowest BCUT2D eigenvalue weighted by Crippen LogP contribution is -2.55. The van der Waals surface area contributed by atoms with Crippen LogP contribution < -0.4 is 9.33 Å². The minimum atomic E-state index is -1.50. The molecular formula is C25H27N6O3S+. The first kappa shape index (κ1) is 23.3. The zero-order valence-corrected chi connectivity index (χ0v) is 20.7. The minimum Gasteiger partial charge on any atom is -0.493 e. The number of quaternary nitrogens is 1. The summed E-state index contributed by atoms with van der Waals surface area (Å²) in [5.74, 6) is 0.938. The van der Waals surface area contributed by atoms with Gasteiger partial charge in [-0.3, -0.25) is 4.98 Å². The van der Waals surface area contributed by atoms with Crippen molar-refractivity contribution in [3.8, 4) is 5.75 Å². The average Bonchev–Trinajstić information content (AvgIpc) is 3.44. The van der Waals surface area contributed by atoms with Crippen molar-refractivity contribution < 1.29 is 13.7 Å². The van der Waals surface area contributed by atoms with Gasteiger partial charge in [0.15, 0.2) is 5.69 Å². The number of nitrogens with zero attached hydrogens (tertiary/aromatic N) is 6. The van der Waals surface area contributed by atoms with Gasteiger partial charge in [0.2, 0.25) is 0 Å². The monoisotopic (exact) mass is 491 g/mol. The van der Waals surface area contributed by atoms with Crippen molar-refractivity contribution in [2.45, 2.75) is 19.1 Å². The molecule has 0 saturated heterocycles. The molecule has 180 valence electrons. The Hall–Kier alpha value is -3.47. The Morgan fingerprint density at radius 1 is 1.06 bits per heavy atom. The van der Waals surface area contributed by atoms with E-state index in [9.17, 15) is 4.21 Å². The summed E-state index contributed by atoms with van der Waals surface area (Å²) in [5, 5.41) is 9.25. The number of methoxy groups -OCH3 is 1. The summed E-state index contributed by atoms with van der Waals surface area (Å²) in [4.78, 5) is 11.1. The van der Waals surface area contributed by atoms with Gasteiger partial charge in [-0.15, -0.1) is 9.69 Å². The Morgan fingerprint density at radius 2 is 1.86 bits per heavy atom. The first-order valence-electron chi connectivity index (χ1n) is 11.4. The molecule has 9 nitrogen and oxygen atoms in total. The van der Waals surface area contributed by atoms with Crippen LogP contribution >= 0.6 is 0 Å². The summed E-state index contributed by atoms with van der Waals surface area (Å²) in [6, 6.07) is 17.3. The fraction of sp³-hybridized carbons (Fsp3) is 0.280. The van der Waals surface area contributed by atoms with Crippen LogP contribution in [0.5, 0.6) is 5.75 Å². The van der Waals surface area contributed by atoms with Crippen LogP contribution in [-0.4, -0.2) is 56.8 Å². The molecule has 0 bridgehead atoms. The molecular weight excluding hydrogens is 464 g/mol. The molecule has 4 aromatic rings. The average molecular weight is 492 g/mol. The maximum Gasteiger partial charge on any atom is 0.327 e. The zero-order chi connectivity index (χ0) is 24.4. The van der Waals surface area contributed by atoms with Crippen molar-refractivity contribution in [1.82, 2.24) is 24.7 Å². The molecule has 2 atom stereocenters. The largest absolute Gasteiger partial charge is 0.493 e. The van der Waals surface area contributed by atoms with Crippen LogP contribution in [0.3, 0.4) is 0 Å². The summed E-state index contributed by atoms with van der Waals surface area (Å²) in [7, 11) is 2.11. The van der Waals surface area contributed by atoms with E-state index in [0.29, 0.717) is 24.1 Å². The number of rotatable bonds is 8. The third kappa shape index (κ3) is 4.13. The van der Waals surface area contributed by atoms with E-state index in [1.807, 2.05) is 68.6 Å². The molecule has 1 aliphatic heterocycles. The number of aromatic nitrogens is 4. The molecule has 1 aliphatic rings. The highest BCUT2D eigenvalue weighted by Gasteiger charge is 2.47. The molecule has 0 radical (unpaired) electrons. The highest BCUT2D eigenvalue weighted by atomic mass is 32.2. The van der Waals surface area contributed by atoms with Gasteiger partial charge in [0.25, 0.3) is 0 Å². The van der Waals surface area contributed by atoms with Gasteiger partial charge in [-0.05, 0) is 36.4 Å². The van der Waals surface area contributed by atoms with Crippen LogP contribution in [0.2, 0.25) is 0 Å². The normalized spacial score (nSPS) is 17.9. The van der Waals surface area contributed by atoms with Gasteiger partial charge in [-0.2, -0.15) is 4.99 Å². The summed E-state index contributed by atoms with van der Waals surface area (Å²) >= 11 is 0. The SMILES string of the molecule is COCCCOc1ccnc(CS(=O)C2=Nc3ccccc3[N+]2(C)n2nnc3ccccc32)c1C. The Balaban J connectivity index is 1.49. The van der Waals surface area contributed by atoms with Crippen molar-refractivity contribution in [1.29, 1.82) is 0 Å². The molecule has 0 spiro atoms. The molecule has 0 aliphatic carbocycles. The number of ether oxygens (including phenoxy) is 2. The number of pyridine rings is 1. The van der Waals surface area contributed by atoms with Crippen LogP contribution in [-0.2, 0) is 21.3 Å². The van der Waals surface area contributed by atoms with Crippen LogP contribution in [0, 0.1) is 6.92 Å².